The molecule has 112 valence electrons. The third-order valence-electron chi connectivity index (χ3n) is 3.44. The van der Waals surface area contributed by atoms with E-state index in [1.165, 1.54) is 0 Å². The average molecular weight is 287 g/mol. The zero-order chi connectivity index (χ0) is 15.4. The van der Waals surface area contributed by atoms with E-state index in [1.807, 2.05) is 32.9 Å². The van der Waals surface area contributed by atoms with Crippen molar-refractivity contribution in [3.8, 4) is 0 Å². The number of pyridine rings is 1. The Hall–Kier alpha value is -2.17. The van der Waals surface area contributed by atoms with Crippen molar-refractivity contribution in [1.82, 2.24) is 15.3 Å². The van der Waals surface area contributed by atoms with E-state index in [0.29, 0.717) is 23.8 Å². The maximum atomic E-state index is 12.4. The van der Waals surface area contributed by atoms with Gasteiger partial charge in [-0.2, -0.15) is 0 Å². The number of amides is 1. The van der Waals surface area contributed by atoms with Gasteiger partial charge in [0.15, 0.2) is 5.89 Å². The van der Waals surface area contributed by atoms with Crippen LogP contribution in [0.2, 0.25) is 0 Å². The van der Waals surface area contributed by atoms with Crippen LogP contribution in [0.1, 0.15) is 59.7 Å². The molecule has 21 heavy (non-hydrogen) atoms. The number of hydrogen-bond acceptors (Lipinski definition) is 4. The van der Waals surface area contributed by atoms with Gasteiger partial charge in [-0.3, -0.25) is 9.78 Å². The topological polar surface area (TPSA) is 68.0 Å². The highest BCUT2D eigenvalue weighted by Crippen LogP contribution is 2.19. The molecule has 0 aromatic carbocycles. The Morgan fingerprint density at radius 1 is 1.38 bits per heavy atom. The molecule has 1 unspecified atom stereocenters. The fourth-order valence-corrected chi connectivity index (χ4v) is 2.26. The van der Waals surface area contributed by atoms with E-state index in [1.54, 1.807) is 13.1 Å². The molecule has 0 bridgehead atoms. The number of hydrogen-bond donors (Lipinski definition) is 1. The van der Waals surface area contributed by atoms with Gasteiger partial charge in [-0.25, -0.2) is 4.98 Å². The summed E-state index contributed by atoms with van der Waals surface area (Å²) in [6.07, 6.45) is 3.17. The smallest absolute Gasteiger partial charge is 0.289 e. The van der Waals surface area contributed by atoms with Crippen LogP contribution in [0.5, 0.6) is 0 Å². The lowest BCUT2D eigenvalue weighted by molar-refractivity contribution is 0.0904. The molecule has 5 heteroatoms. The summed E-state index contributed by atoms with van der Waals surface area (Å²) in [7, 11) is 0. The van der Waals surface area contributed by atoms with Gasteiger partial charge in [0.25, 0.3) is 5.91 Å². The summed E-state index contributed by atoms with van der Waals surface area (Å²) in [5.74, 6) is 0.634. The molecule has 0 aliphatic heterocycles. The lowest BCUT2D eigenvalue weighted by Gasteiger charge is -2.17. The number of aromatic nitrogens is 2. The summed E-state index contributed by atoms with van der Waals surface area (Å²) in [6.45, 7) is 7.74. The molecule has 2 aromatic rings. The molecule has 1 atom stereocenters. The number of aryl methyl sites for hydroxylation is 3. The van der Waals surface area contributed by atoms with Crippen molar-refractivity contribution >= 4 is 5.91 Å². The van der Waals surface area contributed by atoms with Gasteiger partial charge in [0.1, 0.15) is 0 Å². The summed E-state index contributed by atoms with van der Waals surface area (Å²) in [4.78, 5) is 21.0. The number of oxazole rings is 1. The molecule has 2 rings (SSSR count). The van der Waals surface area contributed by atoms with Crippen molar-refractivity contribution in [2.75, 3.05) is 0 Å². The highest BCUT2D eigenvalue weighted by atomic mass is 16.4. The first-order chi connectivity index (χ1) is 10.1. The first-order valence-electron chi connectivity index (χ1n) is 7.25. The molecular weight excluding hydrogens is 266 g/mol. The number of nitrogens with one attached hydrogen (secondary N) is 1. The normalized spacial score (nSPS) is 12.2. The first-order valence-corrected chi connectivity index (χ1v) is 7.25. The summed E-state index contributed by atoms with van der Waals surface area (Å²) < 4.78 is 5.49. The maximum Gasteiger partial charge on any atom is 0.289 e. The maximum absolute atomic E-state index is 12.4. The van der Waals surface area contributed by atoms with Crippen molar-refractivity contribution < 1.29 is 9.21 Å². The Morgan fingerprint density at radius 3 is 2.71 bits per heavy atom. The van der Waals surface area contributed by atoms with Crippen LogP contribution in [0.3, 0.4) is 0 Å². The number of carbonyl (C=O) groups excluding carboxylic acids is 1. The molecule has 1 N–H and O–H groups in total. The van der Waals surface area contributed by atoms with Crippen molar-refractivity contribution in [2.24, 2.45) is 0 Å². The highest BCUT2D eigenvalue weighted by molar-refractivity contribution is 5.92. The summed E-state index contributed by atoms with van der Waals surface area (Å²) >= 11 is 0. The minimum absolute atomic E-state index is 0.131. The number of rotatable bonds is 5. The first kappa shape index (κ1) is 15.2. The molecule has 0 fully saturated rings. The second-order valence-electron chi connectivity index (χ2n) is 5.02. The lowest BCUT2D eigenvalue weighted by atomic mass is 10.1. The van der Waals surface area contributed by atoms with E-state index < -0.39 is 0 Å². The SMILES string of the molecule is CCc1nc(C)c(C(=O)NC(CC)c2ncccc2C)o1. The van der Waals surface area contributed by atoms with Crippen LogP contribution < -0.4 is 5.32 Å². The van der Waals surface area contributed by atoms with Gasteiger partial charge in [0.05, 0.1) is 17.4 Å². The van der Waals surface area contributed by atoms with Crippen LogP contribution in [0.25, 0.3) is 0 Å². The molecule has 2 aromatic heterocycles. The standard InChI is InChI=1S/C16H21N3O2/c1-5-12(14-10(3)8-7-9-17-14)19-16(20)15-11(4)18-13(6-2)21-15/h7-9,12H,5-6H2,1-4H3,(H,19,20). The Balaban J connectivity index is 2.20. The zero-order valence-corrected chi connectivity index (χ0v) is 12.9. The largest absolute Gasteiger partial charge is 0.435 e. The van der Waals surface area contributed by atoms with E-state index in [4.69, 9.17) is 4.42 Å². The molecule has 0 aliphatic rings. The van der Waals surface area contributed by atoms with E-state index in [0.717, 1.165) is 17.7 Å². The summed E-state index contributed by atoms with van der Waals surface area (Å²) in [6, 6.07) is 3.75. The number of nitrogens with zero attached hydrogens (tertiary/aromatic N) is 2. The van der Waals surface area contributed by atoms with Crippen molar-refractivity contribution in [3.05, 3.63) is 46.9 Å². The van der Waals surface area contributed by atoms with Gasteiger partial charge < -0.3 is 9.73 Å². The average Bonchev–Trinajstić information content (AvgIpc) is 2.86. The third kappa shape index (κ3) is 3.29. The summed E-state index contributed by atoms with van der Waals surface area (Å²) in [5.41, 5.74) is 2.58. The Morgan fingerprint density at radius 2 is 2.14 bits per heavy atom. The molecule has 1 amide bonds. The van der Waals surface area contributed by atoms with Crippen molar-refractivity contribution in [3.63, 3.8) is 0 Å². The lowest BCUT2D eigenvalue weighted by Crippen LogP contribution is -2.29. The fourth-order valence-electron chi connectivity index (χ4n) is 2.26. The van der Waals surface area contributed by atoms with Crippen LogP contribution in [0.4, 0.5) is 0 Å². The van der Waals surface area contributed by atoms with E-state index >= 15 is 0 Å². The molecule has 2 heterocycles. The van der Waals surface area contributed by atoms with Gasteiger partial charge >= 0.3 is 0 Å². The zero-order valence-electron chi connectivity index (χ0n) is 12.9. The van der Waals surface area contributed by atoms with Crippen LogP contribution in [-0.2, 0) is 6.42 Å². The van der Waals surface area contributed by atoms with Crippen LogP contribution in [-0.4, -0.2) is 15.9 Å². The predicted molar refractivity (Wildman–Crippen MR) is 80.1 cm³/mol. The Kier molecular flexibility index (Phi) is 4.73. The van der Waals surface area contributed by atoms with Gasteiger partial charge in [0, 0.05) is 12.6 Å². The van der Waals surface area contributed by atoms with E-state index in [-0.39, 0.29) is 11.9 Å². The Bertz CT molecular complexity index is 634. The second-order valence-corrected chi connectivity index (χ2v) is 5.02. The molecule has 0 saturated carbocycles. The molecule has 5 nitrogen and oxygen atoms in total. The fraction of sp³-hybridized carbons (Fsp3) is 0.438. The third-order valence-corrected chi connectivity index (χ3v) is 3.44. The number of carbonyl (C=O) groups is 1. The van der Waals surface area contributed by atoms with Crippen LogP contribution in [0, 0.1) is 13.8 Å². The minimum Gasteiger partial charge on any atom is -0.435 e. The molecule has 0 saturated heterocycles. The Labute approximate surface area is 124 Å². The molecule has 0 spiro atoms. The van der Waals surface area contributed by atoms with E-state index in [2.05, 4.69) is 15.3 Å². The van der Waals surface area contributed by atoms with Crippen molar-refractivity contribution in [2.45, 2.75) is 46.6 Å². The minimum atomic E-state index is -0.239. The molecule has 0 radical (unpaired) electrons. The van der Waals surface area contributed by atoms with Crippen LogP contribution in [0.15, 0.2) is 22.7 Å². The molecule has 0 aliphatic carbocycles. The van der Waals surface area contributed by atoms with Crippen LogP contribution >= 0.6 is 0 Å². The highest BCUT2D eigenvalue weighted by Gasteiger charge is 2.21. The van der Waals surface area contributed by atoms with E-state index in [9.17, 15) is 4.79 Å². The van der Waals surface area contributed by atoms with Crippen molar-refractivity contribution in [1.29, 1.82) is 0 Å². The second kappa shape index (κ2) is 6.52. The summed E-state index contributed by atoms with van der Waals surface area (Å²) in [5, 5.41) is 2.98. The van der Waals surface area contributed by atoms with Gasteiger partial charge in [0.2, 0.25) is 5.76 Å². The van der Waals surface area contributed by atoms with Gasteiger partial charge in [-0.15, -0.1) is 0 Å². The molecular formula is C16H21N3O2. The van der Waals surface area contributed by atoms with Gasteiger partial charge in [-0.1, -0.05) is 19.9 Å². The van der Waals surface area contributed by atoms with Gasteiger partial charge in [-0.05, 0) is 31.9 Å². The predicted octanol–water partition coefficient (Wildman–Crippen LogP) is 3.13. The quantitative estimate of drug-likeness (QED) is 0.917. The monoisotopic (exact) mass is 287 g/mol.